The van der Waals surface area contributed by atoms with Gasteiger partial charge in [-0.15, -0.1) is 24.0 Å². The van der Waals surface area contributed by atoms with E-state index in [9.17, 15) is 9.59 Å². The number of amides is 2. The van der Waals surface area contributed by atoms with Crippen molar-refractivity contribution in [3.8, 4) is 0 Å². The first kappa shape index (κ1) is 26.4. The van der Waals surface area contributed by atoms with Crippen LogP contribution in [0, 0.1) is 5.92 Å². The molecule has 1 atom stereocenters. The molecule has 178 valence electrons. The van der Waals surface area contributed by atoms with E-state index in [0.717, 1.165) is 38.8 Å². The van der Waals surface area contributed by atoms with E-state index in [2.05, 4.69) is 33.1 Å². The number of hydrogen-bond donors (Lipinski definition) is 3. The third-order valence-corrected chi connectivity index (χ3v) is 6.10. The molecule has 3 rings (SSSR count). The van der Waals surface area contributed by atoms with Gasteiger partial charge in [-0.2, -0.15) is 0 Å². The first-order chi connectivity index (χ1) is 15.2. The van der Waals surface area contributed by atoms with E-state index in [1.54, 1.807) is 0 Å². The highest BCUT2D eigenvalue weighted by Gasteiger charge is 2.31. The van der Waals surface area contributed by atoms with Gasteiger partial charge in [-0.05, 0) is 38.2 Å². The molecule has 0 aromatic heterocycles. The zero-order chi connectivity index (χ0) is 21.9. The third-order valence-electron chi connectivity index (χ3n) is 6.10. The molecule has 32 heavy (non-hydrogen) atoms. The Labute approximate surface area is 209 Å². The molecule has 8 heteroatoms. The van der Waals surface area contributed by atoms with E-state index in [1.807, 2.05) is 30.0 Å². The minimum Gasteiger partial charge on any atom is -0.357 e. The second-order valence-electron chi connectivity index (χ2n) is 8.53. The van der Waals surface area contributed by atoms with Crippen molar-refractivity contribution in [2.24, 2.45) is 10.9 Å². The molecule has 2 amide bonds. The topological polar surface area (TPSA) is 85.8 Å². The lowest BCUT2D eigenvalue weighted by Crippen LogP contribution is -2.46. The van der Waals surface area contributed by atoms with Crippen LogP contribution < -0.4 is 16.0 Å². The van der Waals surface area contributed by atoms with E-state index >= 15 is 0 Å². The maximum Gasteiger partial charge on any atom is 0.241 e. The molecule has 1 saturated carbocycles. The number of rotatable bonds is 8. The summed E-state index contributed by atoms with van der Waals surface area (Å²) in [6.07, 6.45) is 7.41. The van der Waals surface area contributed by atoms with Gasteiger partial charge in [-0.1, -0.05) is 49.6 Å². The smallest absolute Gasteiger partial charge is 0.241 e. The molecule has 0 bridgehead atoms. The zero-order valence-electron chi connectivity index (χ0n) is 19.1. The number of likely N-dealkylation sites (tertiary alicyclic amines) is 1. The first-order valence-electron chi connectivity index (χ1n) is 11.8. The summed E-state index contributed by atoms with van der Waals surface area (Å²) in [6.45, 7) is 4.92. The van der Waals surface area contributed by atoms with Crippen LogP contribution in [0.3, 0.4) is 0 Å². The standard InChI is InChI=1S/C24H37N5O2.HI/c1-2-25-24(27-17-22(30)26-15-13-19-9-5-3-6-10-19)28-21-14-16-29(18-21)23(31)20-11-7-4-8-12-20;/h3,5-6,9-10,20-21H,2,4,7-8,11-18H2,1H3,(H,26,30)(H2,25,27,28);1H. The van der Waals surface area contributed by atoms with Gasteiger partial charge >= 0.3 is 0 Å². The van der Waals surface area contributed by atoms with E-state index in [4.69, 9.17) is 0 Å². The third kappa shape index (κ3) is 8.60. The van der Waals surface area contributed by atoms with Gasteiger partial charge in [-0.25, -0.2) is 4.99 Å². The van der Waals surface area contributed by atoms with Crippen LogP contribution in [0.2, 0.25) is 0 Å². The molecular formula is C24H38IN5O2. The van der Waals surface area contributed by atoms with Gasteiger partial charge in [0.05, 0.1) is 0 Å². The first-order valence-corrected chi connectivity index (χ1v) is 11.8. The molecule has 1 aliphatic carbocycles. The summed E-state index contributed by atoms with van der Waals surface area (Å²) in [5.74, 6) is 1.09. The van der Waals surface area contributed by atoms with Crippen molar-refractivity contribution in [1.29, 1.82) is 0 Å². The molecule has 1 aliphatic heterocycles. The van der Waals surface area contributed by atoms with Gasteiger partial charge in [-0.3, -0.25) is 9.59 Å². The molecule has 1 aromatic rings. The number of guanidine groups is 1. The van der Waals surface area contributed by atoms with Crippen LogP contribution in [-0.4, -0.2) is 61.4 Å². The molecule has 2 aliphatic rings. The van der Waals surface area contributed by atoms with E-state index in [1.165, 1.54) is 24.8 Å². The summed E-state index contributed by atoms with van der Waals surface area (Å²) in [5, 5.41) is 9.54. The monoisotopic (exact) mass is 555 g/mol. The van der Waals surface area contributed by atoms with Crippen molar-refractivity contribution >= 4 is 41.8 Å². The highest BCUT2D eigenvalue weighted by Crippen LogP contribution is 2.26. The second-order valence-corrected chi connectivity index (χ2v) is 8.53. The van der Waals surface area contributed by atoms with Crippen LogP contribution in [0.25, 0.3) is 0 Å². The average Bonchev–Trinajstić information content (AvgIpc) is 3.27. The Balaban J connectivity index is 0.00000363. The molecule has 3 N–H and O–H groups in total. The highest BCUT2D eigenvalue weighted by molar-refractivity contribution is 14.0. The summed E-state index contributed by atoms with van der Waals surface area (Å²) in [4.78, 5) is 31.4. The number of nitrogens with one attached hydrogen (secondary N) is 3. The van der Waals surface area contributed by atoms with Crippen molar-refractivity contribution < 1.29 is 9.59 Å². The van der Waals surface area contributed by atoms with Gasteiger partial charge in [0.2, 0.25) is 11.8 Å². The largest absolute Gasteiger partial charge is 0.357 e. The van der Waals surface area contributed by atoms with Crippen LogP contribution >= 0.6 is 24.0 Å². The molecular weight excluding hydrogens is 517 g/mol. The summed E-state index contributed by atoms with van der Waals surface area (Å²) in [7, 11) is 0. The van der Waals surface area contributed by atoms with Gasteiger partial charge in [0.1, 0.15) is 6.54 Å². The lowest BCUT2D eigenvalue weighted by atomic mass is 9.88. The molecule has 0 radical (unpaired) electrons. The van der Waals surface area contributed by atoms with E-state index < -0.39 is 0 Å². The minimum atomic E-state index is -0.0892. The molecule has 1 aromatic carbocycles. The molecule has 1 saturated heterocycles. The number of aliphatic imine (C=N–C) groups is 1. The number of carbonyl (C=O) groups excluding carboxylic acids is 2. The lowest BCUT2D eigenvalue weighted by molar-refractivity contribution is -0.135. The van der Waals surface area contributed by atoms with Crippen molar-refractivity contribution in [3.05, 3.63) is 35.9 Å². The molecule has 2 fully saturated rings. The zero-order valence-corrected chi connectivity index (χ0v) is 21.5. The summed E-state index contributed by atoms with van der Waals surface area (Å²) in [5.41, 5.74) is 1.20. The number of halogens is 1. The molecule has 0 spiro atoms. The fourth-order valence-corrected chi connectivity index (χ4v) is 4.40. The molecule has 7 nitrogen and oxygen atoms in total. The fourth-order valence-electron chi connectivity index (χ4n) is 4.40. The van der Waals surface area contributed by atoms with Crippen LogP contribution in [0.15, 0.2) is 35.3 Å². The van der Waals surface area contributed by atoms with Crippen LogP contribution in [0.4, 0.5) is 0 Å². The number of benzene rings is 1. The van der Waals surface area contributed by atoms with Crippen LogP contribution in [0.1, 0.15) is 51.0 Å². The average molecular weight is 556 g/mol. The number of carbonyl (C=O) groups is 2. The Morgan fingerprint density at radius 2 is 1.81 bits per heavy atom. The predicted octanol–water partition coefficient (Wildman–Crippen LogP) is 2.70. The Bertz CT molecular complexity index is 737. The van der Waals surface area contributed by atoms with E-state index in [0.29, 0.717) is 25.0 Å². The van der Waals surface area contributed by atoms with Crippen LogP contribution in [-0.2, 0) is 16.0 Å². The van der Waals surface area contributed by atoms with Gasteiger partial charge in [0.15, 0.2) is 5.96 Å². The molecule has 1 heterocycles. The number of hydrogen-bond acceptors (Lipinski definition) is 3. The van der Waals surface area contributed by atoms with Gasteiger partial charge in [0, 0.05) is 38.1 Å². The maximum atomic E-state index is 12.8. The Morgan fingerprint density at radius 1 is 1.06 bits per heavy atom. The Kier molecular flexibility index (Phi) is 11.8. The minimum absolute atomic E-state index is 0. The van der Waals surface area contributed by atoms with Crippen molar-refractivity contribution in [2.75, 3.05) is 32.7 Å². The summed E-state index contributed by atoms with van der Waals surface area (Å²) < 4.78 is 0. The van der Waals surface area contributed by atoms with Crippen LogP contribution in [0.5, 0.6) is 0 Å². The Morgan fingerprint density at radius 3 is 2.53 bits per heavy atom. The number of nitrogens with zero attached hydrogens (tertiary/aromatic N) is 2. The van der Waals surface area contributed by atoms with Gasteiger partial charge < -0.3 is 20.9 Å². The highest BCUT2D eigenvalue weighted by atomic mass is 127. The predicted molar refractivity (Wildman–Crippen MR) is 139 cm³/mol. The van der Waals surface area contributed by atoms with Crippen molar-refractivity contribution in [3.63, 3.8) is 0 Å². The lowest BCUT2D eigenvalue weighted by Gasteiger charge is -2.26. The summed E-state index contributed by atoms with van der Waals surface area (Å²) in [6, 6.07) is 10.3. The van der Waals surface area contributed by atoms with Gasteiger partial charge in [0.25, 0.3) is 0 Å². The second kappa shape index (κ2) is 14.3. The van der Waals surface area contributed by atoms with Crippen molar-refractivity contribution in [2.45, 2.75) is 57.9 Å². The van der Waals surface area contributed by atoms with E-state index in [-0.39, 0.29) is 48.4 Å². The maximum absolute atomic E-state index is 12.8. The quantitative estimate of drug-likeness (QED) is 0.262. The van der Waals surface area contributed by atoms with Crippen molar-refractivity contribution in [1.82, 2.24) is 20.9 Å². The SMILES string of the molecule is CCNC(=NCC(=O)NCCc1ccccc1)NC1CCN(C(=O)C2CCCCC2)C1.I. The fraction of sp³-hybridized carbons (Fsp3) is 0.625. The normalized spacial score (nSPS) is 19.2. The molecule has 1 unspecified atom stereocenters. The summed E-state index contributed by atoms with van der Waals surface area (Å²) >= 11 is 0. The Hall–Kier alpha value is -1.84.